The maximum absolute atomic E-state index is 12.5. The predicted octanol–water partition coefficient (Wildman–Crippen LogP) is 1.93. The molecule has 1 heterocycles. The van der Waals surface area contributed by atoms with Crippen LogP contribution in [0.15, 0.2) is 4.99 Å². The Labute approximate surface area is 113 Å². The Hall–Kier alpha value is -0.760. The van der Waals surface area contributed by atoms with Crippen LogP contribution in [0.5, 0.6) is 0 Å². The van der Waals surface area contributed by atoms with Crippen molar-refractivity contribution in [3.8, 4) is 0 Å². The number of amides is 1. The molecular weight excluding hydrogens is 281 g/mol. The van der Waals surface area contributed by atoms with Crippen LogP contribution in [-0.2, 0) is 4.79 Å². The van der Waals surface area contributed by atoms with Crippen LogP contribution >= 0.6 is 11.8 Å². The van der Waals surface area contributed by atoms with Gasteiger partial charge in [-0.1, -0.05) is 25.6 Å². The Morgan fingerprint density at radius 2 is 2.00 bits per heavy atom. The van der Waals surface area contributed by atoms with Crippen LogP contribution in [0.2, 0.25) is 0 Å². The van der Waals surface area contributed by atoms with Crippen molar-refractivity contribution in [2.45, 2.75) is 44.2 Å². The first kappa shape index (κ1) is 16.3. The lowest BCUT2D eigenvalue weighted by molar-refractivity contribution is -0.249. The van der Waals surface area contributed by atoms with E-state index in [1.165, 1.54) is 0 Å². The van der Waals surface area contributed by atoms with Gasteiger partial charge in [-0.15, -0.1) is 0 Å². The maximum atomic E-state index is 12.5. The molecule has 0 saturated carbocycles. The number of thioether (sulfide) groups is 1. The smallest absolute Gasteiger partial charge is 0.379 e. The normalized spacial score (nSPS) is 27.4. The average molecular weight is 298 g/mol. The number of carbonyl (C=O) groups excluding carboxylic acids is 1. The molecule has 2 unspecified atom stereocenters. The van der Waals surface area contributed by atoms with Crippen molar-refractivity contribution in [2.24, 2.45) is 10.9 Å². The highest BCUT2D eigenvalue weighted by Crippen LogP contribution is 2.39. The molecule has 0 radical (unpaired) electrons. The fourth-order valence-electron chi connectivity index (χ4n) is 1.26. The summed E-state index contributed by atoms with van der Waals surface area (Å²) in [5, 5.41) is 11.8. The van der Waals surface area contributed by atoms with Gasteiger partial charge < -0.3 is 10.4 Å². The minimum absolute atomic E-state index is 0.00354. The van der Waals surface area contributed by atoms with E-state index in [2.05, 4.69) is 10.3 Å². The Kier molecular flexibility index (Phi) is 4.26. The van der Waals surface area contributed by atoms with Crippen molar-refractivity contribution in [3.05, 3.63) is 0 Å². The van der Waals surface area contributed by atoms with Gasteiger partial charge in [0.2, 0.25) is 0 Å². The number of nitrogens with zero attached hydrogens (tertiary/aromatic N) is 1. The third kappa shape index (κ3) is 3.22. The number of halogens is 3. The van der Waals surface area contributed by atoms with Crippen molar-refractivity contribution in [3.63, 3.8) is 0 Å². The fraction of sp³-hybridized carbons (Fsp3) is 0.818. The molecule has 0 fully saturated rings. The molecule has 2 atom stereocenters. The first-order chi connectivity index (χ1) is 8.40. The van der Waals surface area contributed by atoms with Crippen molar-refractivity contribution in [1.29, 1.82) is 0 Å². The van der Waals surface area contributed by atoms with E-state index in [0.29, 0.717) is 6.92 Å². The highest BCUT2D eigenvalue weighted by atomic mass is 32.2. The molecule has 4 nitrogen and oxygen atoms in total. The van der Waals surface area contributed by atoms with Crippen molar-refractivity contribution < 1.29 is 23.1 Å². The van der Waals surface area contributed by atoms with E-state index in [1.54, 1.807) is 6.92 Å². The second kappa shape index (κ2) is 4.97. The van der Waals surface area contributed by atoms with E-state index >= 15 is 0 Å². The number of amidine groups is 1. The van der Waals surface area contributed by atoms with E-state index in [9.17, 15) is 23.1 Å². The van der Waals surface area contributed by atoms with E-state index in [-0.39, 0.29) is 17.0 Å². The van der Waals surface area contributed by atoms with Gasteiger partial charge in [-0.05, 0) is 19.8 Å². The maximum Gasteiger partial charge on any atom is 0.418 e. The molecule has 1 amide bonds. The second-order valence-electron chi connectivity index (χ2n) is 5.21. The van der Waals surface area contributed by atoms with Gasteiger partial charge in [0.05, 0.1) is 6.54 Å². The van der Waals surface area contributed by atoms with Gasteiger partial charge in [-0.2, -0.15) is 18.2 Å². The quantitative estimate of drug-likeness (QED) is 0.836. The number of nitrogens with one attached hydrogen (secondary N) is 1. The summed E-state index contributed by atoms with van der Waals surface area (Å²) in [5.74, 6) is -0.377. The first-order valence-electron chi connectivity index (χ1n) is 5.75. The third-order valence-corrected chi connectivity index (χ3v) is 4.73. The van der Waals surface area contributed by atoms with Crippen molar-refractivity contribution in [2.75, 3.05) is 6.54 Å². The van der Waals surface area contributed by atoms with Crippen LogP contribution in [0, 0.1) is 5.92 Å². The Morgan fingerprint density at radius 3 is 2.37 bits per heavy atom. The number of rotatable bonds is 3. The summed E-state index contributed by atoms with van der Waals surface area (Å²) < 4.78 is 36.6. The number of hydrogen-bond acceptors (Lipinski definition) is 4. The zero-order valence-corrected chi connectivity index (χ0v) is 11.9. The van der Waals surface area contributed by atoms with Crippen LogP contribution in [0.25, 0.3) is 0 Å². The van der Waals surface area contributed by atoms with Crippen molar-refractivity contribution >= 4 is 22.8 Å². The minimum Gasteiger partial charge on any atom is -0.379 e. The monoisotopic (exact) mass is 298 g/mol. The number of aliphatic hydroxyl groups is 1. The van der Waals surface area contributed by atoms with E-state index in [4.69, 9.17) is 0 Å². The highest BCUT2D eigenvalue weighted by Gasteiger charge is 2.50. The molecule has 0 aromatic carbocycles. The van der Waals surface area contributed by atoms with Crippen LogP contribution in [-0.4, -0.2) is 39.3 Å². The molecule has 0 saturated heterocycles. The number of hydrogen-bond donors (Lipinski definition) is 2. The summed E-state index contributed by atoms with van der Waals surface area (Å²) in [7, 11) is 0. The predicted molar refractivity (Wildman–Crippen MR) is 68.0 cm³/mol. The molecule has 0 aliphatic carbocycles. The van der Waals surface area contributed by atoms with Gasteiger partial charge in [-0.3, -0.25) is 4.79 Å². The van der Waals surface area contributed by atoms with Crippen LogP contribution < -0.4 is 5.32 Å². The Morgan fingerprint density at radius 1 is 1.47 bits per heavy atom. The summed E-state index contributed by atoms with van der Waals surface area (Å²) in [6.07, 6.45) is -4.74. The van der Waals surface area contributed by atoms with Gasteiger partial charge in [0.15, 0.2) is 10.8 Å². The largest absolute Gasteiger partial charge is 0.418 e. The molecule has 1 aliphatic heterocycles. The molecule has 0 aromatic heterocycles. The van der Waals surface area contributed by atoms with E-state index < -0.39 is 23.1 Å². The van der Waals surface area contributed by atoms with Gasteiger partial charge in [0.25, 0.3) is 5.91 Å². The average Bonchev–Trinajstić information content (AvgIpc) is 2.52. The number of alkyl halides is 3. The van der Waals surface area contributed by atoms with E-state index in [1.807, 2.05) is 13.8 Å². The summed E-state index contributed by atoms with van der Waals surface area (Å²) in [4.78, 5) is 15.4. The van der Waals surface area contributed by atoms with Gasteiger partial charge in [0, 0.05) is 0 Å². The SMILES string of the molecule is CC(C)C1(C)SC(NCC(C)(O)C(F)(F)F)=NC1=O. The highest BCUT2D eigenvalue weighted by molar-refractivity contribution is 8.16. The van der Waals surface area contributed by atoms with E-state index in [0.717, 1.165) is 11.8 Å². The molecule has 0 aromatic rings. The van der Waals surface area contributed by atoms with Gasteiger partial charge >= 0.3 is 6.18 Å². The van der Waals surface area contributed by atoms with Gasteiger partial charge in [-0.25, -0.2) is 0 Å². The molecular formula is C11H17F3N2O2S. The standard InChI is InChI=1S/C11H17F3N2O2S/c1-6(2)10(4)7(17)16-8(19-10)15-5-9(3,18)11(12,13)14/h6,18H,5H2,1-4H3,(H,15,16,17). The lowest BCUT2D eigenvalue weighted by atomic mass is 9.96. The van der Waals surface area contributed by atoms with Crippen LogP contribution in [0.3, 0.4) is 0 Å². The Balaban J connectivity index is 2.68. The van der Waals surface area contributed by atoms with Crippen LogP contribution in [0.1, 0.15) is 27.7 Å². The molecule has 0 bridgehead atoms. The molecule has 2 N–H and O–H groups in total. The molecule has 110 valence electrons. The molecule has 8 heteroatoms. The van der Waals surface area contributed by atoms with Crippen molar-refractivity contribution in [1.82, 2.24) is 5.32 Å². The minimum atomic E-state index is -4.74. The lowest BCUT2D eigenvalue weighted by Gasteiger charge is -2.27. The van der Waals surface area contributed by atoms with Crippen LogP contribution in [0.4, 0.5) is 13.2 Å². The number of carbonyl (C=O) groups is 1. The zero-order chi connectivity index (χ0) is 15.1. The van der Waals surface area contributed by atoms with Gasteiger partial charge in [0.1, 0.15) is 4.75 Å². The topological polar surface area (TPSA) is 61.7 Å². The third-order valence-electron chi connectivity index (χ3n) is 3.23. The molecule has 1 aliphatic rings. The zero-order valence-electron chi connectivity index (χ0n) is 11.1. The summed E-state index contributed by atoms with van der Waals surface area (Å²) in [6, 6.07) is 0. The Bertz CT molecular complexity index is 407. The second-order valence-corrected chi connectivity index (χ2v) is 6.65. The summed E-state index contributed by atoms with van der Waals surface area (Å²) >= 11 is 1.09. The summed E-state index contributed by atoms with van der Waals surface area (Å²) in [6.45, 7) is 5.31. The number of aliphatic imine (C=N–C) groups is 1. The first-order valence-corrected chi connectivity index (χ1v) is 6.57. The molecule has 19 heavy (non-hydrogen) atoms. The molecule has 1 rings (SSSR count). The summed E-state index contributed by atoms with van der Waals surface area (Å²) in [5.41, 5.74) is -2.87. The molecule has 0 spiro atoms. The fourth-order valence-corrected chi connectivity index (χ4v) is 2.30. The lowest BCUT2D eigenvalue weighted by Crippen LogP contribution is -2.50.